The predicted molar refractivity (Wildman–Crippen MR) is 109 cm³/mol. The van der Waals surface area contributed by atoms with E-state index in [1.165, 1.54) is 0 Å². The van der Waals surface area contributed by atoms with Crippen LogP contribution in [0.4, 0.5) is 0 Å². The van der Waals surface area contributed by atoms with Crippen molar-refractivity contribution in [3.05, 3.63) is 56.6 Å². The molecule has 1 nitrogen and oxygen atoms in total. The molecule has 1 radical (unpaired) electrons. The van der Waals surface area contributed by atoms with Gasteiger partial charge in [-0.05, 0) is 34.1 Å². The molecule has 0 aliphatic rings. The van der Waals surface area contributed by atoms with Crippen LogP contribution in [0.2, 0.25) is 0 Å². The van der Waals surface area contributed by atoms with Crippen LogP contribution in [0.25, 0.3) is 0 Å². The van der Waals surface area contributed by atoms with Crippen molar-refractivity contribution in [1.29, 1.82) is 0 Å². The number of hydrogen-bond donors (Lipinski definition) is 1. The summed E-state index contributed by atoms with van der Waals surface area (Å²) in [5.41, 5.74) is 0.479. The van der Waals surface area contributed by atoms with Gasteiger partial charge in [0.2, 0.25) is 0 Å². The van der Waals surface area contributed by atoms with E-state index in [4.69, 9.17) is 4.65 Å². The minimum absolute atomic E-state index is 0. The summed E-state index contributed by atoms with van der Waals surface area (Å²) in [6.45, 7) is 21.1. The molecule has 0 N–H and O–H groups in total. The van der Waals surface area contributed by atoms with Crippen molar-refractivity contribution in [3.8, 4) is 0 Å². The first kappa shape index (κ1) is 34.2. The predicted octanol–water partition coefficient (Wildman–Crippen LogP) is 5.98. The molecule has 0 saturated heterocycles. The van der Waals surface area contributed by atoms with Crippen molar-refractivity contribution in [1.82, 2.24) is 0 Å². The largest absolute Gasteiger partial charge is 2.00 e. The van der Waals surface area contributed by atoms with Gasteiger partial charge in [0, 0.05) is 4.75 Å². The molecule has 0 spiro atoms. The van der Waals surface area contributed by atoms with E-state index in [1.807, 2.05) is 46.3 Å². The van der Waals surface area contributed by atoms with Gasteiger partial charge in [-0.15, -0.1) is 12.2 Å². The summed E-state index contributed by atoms with van der Waals surface area (Å²) in [5, 5.41) is 0. The second kappa shape index (κ2) is 20.4. The van der Waals surface area contributed by atoms with Crippen molar-refractivity contribution >= 4 is 20.1 Å². The second-order valence-corrected chi connectivity index (χ2v) is 7.30. The maximum absolute atomic E-state index is 5.80. The Balaban J connectivity index is -0.000000276. The van der Waals surface area contributed by atoms with E-state index < -0.39 is 0 Å². The fourth-order valence-corrected chi connectivity index (χ4v) is 1.13. The van der Waals surface area contributed by atoms with Gasteiger partial charge in [-0.2, -0.15) is 19.2 Å². The summed E-state index contributed by atoms with van der Waals surface area (Å²) in [6.07, 6.45) is 15.0. The van der Waals surface area contributed by atoms with Crippen LogP contribution in [0.5, 0.6) is 0 Å². The summed E-state index contributed by atoms with van der Waals surface area (Å²) in [5.74, 6) is 0. The first-order valence-corrected chi connectivity index (χ1v) is 8.64. The molecule has 0 rings (SSSR count). The SMILES string of the molecule is C=[C-]/C([B]OC(C)(C)C(C)(C)S)=C\C=C/CCC.[CH2-]C[CH-]C[CH2-].[U+2].[U+2]. The van der Waals surface area contributed by atoms with Gasteiger partial charge in [-0.3, -0.25) is 6.08 Å². The first-order valence-electron chi connectivity index (χ1n) is 8.19. The number of thiol groups is 1. The van der Waals surface area contributed by atoms with E-state index in [1.54, 1.807) is 7.48 Å². The standard InChI is InChI=1S/C15H25BOS.C5H9.2U/c1-7-9-10-11-12-13(8-2)16-17-14(3,4)15(5,6)18;1-3-5-4-2;;/h10-12,18H,2,7,9H2,1,3-6H3;5H,1-4H2;;/q-1;-3;2*+2/b11-10-,13-12+;;;. The third-order valence-corrected chi connectivity index (χ3v) is 3.97. The number of hydrogen-bond acceptors (Lipinski definition) is 2. The Morgan fingerprint density at radius 2 is 1.76 bits per heavy atom. The first-order chi connectivity index (χ1) is 10.7. The monoisotopic (exact) mass is 809 g/mol. The molecule has 0 fully saturated rings. The Hall–Kier alpha value is 1.70. The Morgan fingerprint density at radius 1 is 1.24 bits per heavy atom. The van der Waals surface area contributed by atoms with Crippen molar-refractivity contribution < 1.29 is 66.9 Å². The molecule has 0 aromatic heterocycles. The second-order valence-electron chi connectivity index (χ2n) is 6.19. The Morgan fingerprint density at radius 3 is 2.08 bits per heavy atom. The molecule has 0 aromatic carbocycles. The van der Waals surface area contributed by atoms with Crippen LogP contribution in [0.15, 0.2) is 30.3 Å². The summed E-state index contributed by atoms with van der Waals surface area (Å²) >= 11 is 4.55. The molecular weight excluding hydrogens is 775 g/mol. The normalized spacial score (nSPS) is 11.8. The van der Waals surface area contributed by atoms with E-state index in [0.717, 1.165) is 31.2 Å². The quantitative estimate of drug-likeness (QED) is 0.124. The molecule has 5 heteroatoms. The third-order valence-electron chi connectivity index (χ3n) is 3.43. The smallest absolute Gasteiger partial charge is 0.432 e. The van der Waals surface area contributed by atoms with Crippen LogP contribution < -0.4 is 0 Å². The zero-order valence-electron chi connectivity index (χ0n) is 16.7. The number of unbranched alkanes of at least 4 members (excludes halogenated alkanes) is 3. The molecule has 0 amide bonds. The van der Waals surface area contributed by atoms with Gasteiger partial charge < -0.3 is 37.8 Å². The molecule has 0 saturated carbocycles. The molecule has 25 heavy (non-hydrogen) atoms. The van der Waals surface area contributed by atoms with E-state index in [0.29, 0.717) is 0 Å². The summed E-state index contributed by atoms with van der Waals surface area (Å²) in [7, 11) is 1.70. The maximum atomic E-state index is 5.80. The zero-order valence-corrected chi connectivity index (χ0v) is 25.9. The summed E-state index contributed by atoms with van der Waals surface area (Å²) < 4.78 is 5.57. The molecule has 0 bridgehead atoms. The minimum atomic E-state index is -0.362. The van der Waals surface area contributed by atoms with Gasteiger partial charge in [0.25, 0.3) is 7.48 Å². The van der Waals surface area contributed by atoms with Crippen LogP contribution in [0.1, 0.15) is 60.3 Å². The van der Waals surface area contributed by atoms with Gasteiger partial charge in [-0.25, -0.2) is 11.5 Å². The minimum Gasteiger partial charge on any atom is -0.432 e. The van der Waals surface area contributed by atoms with Gasteiger partial charge >= 0.3 is 62.2 Å². The van der Waals surface area contributed by atoms with E-state index in [9.17, 15) is 0 Å². The third kappa shape index (κ3) is 20.2. The number of allylic oxidation sites excluding steroid dienone is 5. The summed E-state index contributed by atoms with van der Waals surface area (Å²) in [4.78, 5) is 0. The molecule has 0 aliphatic carbocycles. The molecule has 0 heterocycles. The maximum Gasteiger partial charge on any atom is 2.00 e. The molecular formula is C20H34BOSU2. The van der Waals surface area contributed by atoms with Gasteiger partial charge in [0.05, 0.1) is 5.60 Å². The van der Waals surface area contributed by atoms with Crippen LogP contribution >= 0.6 is 12.6 Å². The van der Waals surface area contributed by atoms with Crippen molar-refractivity contribution in [2.45, 2.75) is 70.7 Å². The van der Waals surface area contributed by atoms with Gasteiger partial charge in [0.15, 0.2) is 0 Å². The zero-order chi connectivity index (χ0) is 18.4. The van der Waals surface area contributed by atoms with Gasteiger partial charge in [-0.1, -0.05) is 13.3 Å². The Labute approximate surface area is 212 Å². The van der Waals surface area contributed by atoms with Crippen LogP contribution in [-0.4, -0.2) is 17.8 Å². The fraction of sp³-hybridized carbons (Fsp3) is 0.550. The fourth-order valence-electron chi connectivity index (χ4n) is 1.07. The van der Waals surface area contributed by atoms with Crippen molar-refractivity contribution in [2.75, 3.05) is 0 Å². The van der Waals surface area contributed by atoms with Crippen LogP contribution in [0, 0.1) is 88.6 Å². The van der Waals surface area contributed by atoms with E-state index in [-0.39, 0.29) is 72.6 Å². The van der Waals surface area contributed by atoms with Crippen molar-refractivity contribution in [3.63, 3.8) is 0 Å². The van der Waals surface area contributed by atoms with E-state index in [2.05, 4.69) is 52.1 Å². The average Bonchev–Trinajstić information content (AvgIpc) is 2.47. The Bertz CT molecular complexity index is 359. The molecule has 0 aliphatic heterocycles. The molecule has 0 atom stereocenters. The topological polar surface area (TPSA) is 9.23 Å². The molecule has 137 valence electrons. The summed E-state index contributed by atoms with van der Waals surface area (Å²) in [6, 6.07) is 0. The Kier molecular flexibility index (Phi) is 28.0. The van der Waals surface area contributed by atoms with Crippen LogP contribution in [-0.2, 0) is 4.65 Å². The van der Waals surface area contributed by atoms with Crippen LogP contribution in [0.3, 0.4) is 0 Å². The van der Waals surface area contributed by atoms with Gasteiger partial charge in [0.1, 0.15) is 0 Å². The number of rotatable bonds is 10. The van der Waals surface area contributed by atoms with E-state index >= 15 is 0 Å². The average molecular weight is 809 g/mol. The van der Waals surface area contributed by atoms with Crippen molar-refractivity contribution in [2.24, 2.45) is 0 Å². The molecule has 0 aromatic rings. The molecule has 0 unspecified atom stereocenters.